The number of nitrogens with one attached hydrogen (secondary N) is 1. The van der Waals surface area contributed by atoms with Crippen molar-refractivity contribution in [3.8, 4) is 22.8 Å². The second-order valence-electron chi connectivity index (χ2n) is 6.24. The van der Waals surface area contributed by atoms with Crippen molar-refractivity contribution in [3.05, 3.63) is 78.2 Å². The van der Waals surface area contributed by atoms with E-state index in [9.17, 15) is 9.18 Å². The van der Waals surface area contributed by atoms with Gasteiger partial charge in [-0.3, -0.25) is 9.20 Å². The minimum atomic E-state index is -0.380. The van der Waals surface area contributed by atoms with E-state index in [1.165, 1.54) is 26.4 Å². The van der Waals surface area contributed by atoms with Crippen molar-refractivity contribution in [1.29, 1.82) is 0 Å². The third kappa shape index (κ3) is 3.38. The zero-order valence-corrected chi connectivity index (χ0v) is 15.8. The average Bonchev–Trinajstić information content (AvgIpc) is 3.12. The number of ether oxygens (including phenoxy) is 2. The summed E-state index contributed by atoms with van der Waals surface area (Å²) in [4.78, 5) is 17.7. The standard InChI is InChI=1S/C22H18FN3O3/c1-28-17-7-5-6-16(20(17)29-2)22(27)25-21-19(14-9-11-15(23)12-10-14)24-18-8-3-4-13-26(18)21/h3-13H,1-2H3,(H,25,27). The quantitative estimate of drug-likeness (QED) is 0.547. The molecular formula is C22H18FN3O3. The maximum atomic E-state index is 13.4. The number of pyridine rings is 1. The minimum Gasteiger partial charge on any atom is -0.493 e. The number of imidazole rings is 1. The van der Waals surface area contributed by atoms with Gasteiger partial charge in [0, 0.05) is 11.8 Å². The van der Waals surface area contributed by atoms with Crippen molar-refractivity contribution in [2.24, 2.45) is 0 Å². The Morgan fingerprint density at radius 2 is 1.79 bits per heavy atom. The molecule has 2 heterocycles. The van der Waals surface area contributed by atoms with E-state index in [1.807, 2.05) is 18.2 Å². The number of rotatable bonds is 5. The van der Waals surface area contributed by atoms with Crippen molar-refractivity contribution < 1.29 is 18.7 Å². The van der Waals surface area contributed by atoms with Gasteiger partial charge in [-0.25, -0.2) is 9.37 Å². The summed E-state index contributed by atoms with van der Waals surface area (Å²) < 4.78 is 25.8. The number of para-hydroxylation sites is 1. The lowest BCUT2D eigenvalue weighted by atomic mass is 10.1. The summed E-state index contributed by atoms with van der Waals surface area (Å²) in [6, 6.07) is 16.6. The van der Waals surface area contributed by atoms with Crippen LogP contribution in [0.15, 0.2) is 66.9 Å². The topological polar surface area (TPSA) is 64.9 Å². The van der Waals surface area contributed by atoms with Crippen LogP contribution < -0.4 is 14.8 Å². The van der Waals surface area contributed by atoms with Crippen LogP contribution in [-0.2, 0) is 0 Å². The van der Waals surface area contributed by atoms with E-state index in [-0.39, 0.29) is 11.7 Å². The van der Waals surface area contributed by atoms with Crippen molar-refractivity contribution in [1.82, 2.24) is 9.38 Å². The molecule has 1 amide bonds. The predicted molar refractivity (Wildman–Crippen MR) is 108 cm³/mol. The van der Waals surface area contributed by atoms with Crippen molar-refractivity contribution in [2.75, 3.05) is 19.5 Å². The molecule has 2 aromatic heterocycles. The number of fused-ring (bicyclic) bond motifs is 1. The van der Waals surface area contributed by atoms with E-state index in [0.717, 1.165) is 0 Å². The van der Waals surface area contributed by atoms with Gasteiger partial charge < -0.3 is 14.8 Å². The van der Waals surface area contributed by atoms with Crippen LogP contribution in [0.5, 0.6) is 11.5 Å². The molecule has 0 unspecified atom stereocenters. The predicted octanol–water partition coefficient (Wildman–Crippen LogP) is 4.41. The lowest BCUT2D eigenvalue weighted by molar-refractivity contribution is 0.102. The number of carbonyl (C=O) groups is 1. The Morgan fingerprint density at radius 1 is 1.00 bits per heavy atom. The van der Waals surface area contributed by atoms with Gasteiger partial charge in [0.2, 0.25) is 0 Å². The Kier molecular flexibility index (Phi) is 4.87. The Morgan fingerprint density at radius 3 is 2.52 bits per heavy atom. The van der Waals surface area contributed by atoms with Crippen LogP contribution >= 0.6 is 0 Å². The van der Waals surface area contributed by atoms with E-state index in [0.29, 0.717) is 39.8 Å². The number of methoxy groups -OCH3 is 2. The molecule has 29 heavy (non-hydrogen) atoms. The highest BCUT2D eigenvalue weighted by molar-refractivity contribution is 6.08. The third-order valence-electron chi connectivity index (χ3n) is 4.53. The summed E-state index contributed by atoms with van der Waals surface area (Å²) >= 11 is 0. The number of carbonyl (C=O) groups excluding carboxylic acids is 1. The van der Waals surface area contributed by atoms with Crippen LogP contribution in [0.3, 0.4) is 0 Å². The number of anilines is 1. The van der Waals surface area contributed by atoms with Gasteiger partial charge in [0.1, 0.15) is 23.0 Å². The highest BCUT2D eigenvalue weighted by Crippen LogP contribution is 2.33. The highest BCUT2D eigenvalue weighted by atomic mass is 19.1. The number of aromatic nitrogens is 2. The number of hydrogen-bond donors (Lipinski definition) is 1. The lowest BCUT2D eigenvalue weighted by Gasteiger charge is -2.13. The second-order valence-corrected chi connectivity index (χ2v) is 6.24. The van der Waals surface area contributed by atoms with E-state index in [2.05, 4.69) is 10.3 Å². The fraction of sp³-hybridized carbons (Fsp3) is 0.0909. The number of nitrogens with zero attached hydrogens (tertiary/aromatic N) is 2. The molecule has 0 fully saturated rings. The highest BCUT2D eigenvalue weighted by Gasteiger charge is 2.21. The zero-order chi connectivity index (χ0) is 20.4. The molecule has 7 heteroatoms. The Bertz CT molecular complexity index is 1190. The SMILES string of the molecule is COc1cccc(C(=O)Nc2c(-c3ccc(F)cc3)nc3ccccn23)c1OC. The maximum Gasteiger partial charge on any atom is 0.260 e. The average molecular weight is 391 g/mol. The molecule has 0 aliphatic heterocycles. The molecule has 0 atom stereocenters. The molecule has 0 bridgehead atoms. The summed E-state index contributed by atoms with van der Waals surface area (Å²) in [6.07, 6.45) is 1.80. The monoisotopic (exact) mass is 391 g/mol. The molecule has 6 nitrogen and oxygen atoms in total. The van der Waals surface area contributed by atoms with Gasteiger partial charge in [0.25, 0.3) is 5.91 Å². The van der Waals surface area contributed by atoms with Crippen molar-refractivity contribution in [2.45, 2.75) is 0 Å². The van der Waals surface area contributed by atoms with Crippen LogP contribution in [0.1, 0.15) is 10.4 Å². The van der Waals surface area contributed by atoms with E-state index < -0.39 is 0 Å². The van der Waals surface area contributed by atoms with Gasteiger partial charge in [-0.1, -0.05) is 12.1 Å². The van der Waals surface area contributed by atoms with Gasteiger partial charge in [0.15, 0.2) is 11.5 Å². The summed E-state index contributed by atoms with van der Waals surface area (Å²) in [6.45, 7) is 0. The largest absolute Gasteiger partial charge is 0.493 e. The molecule has 0 aliphatic carbocycles. The van der Waals surface area contributed by atoms with Gasteiger partial charge in [-0.05, 0) is 48.5 Å². The number of halogens is 1. The fourth-order valence-electron chi connectivity index (χ4n) is 3.17. The summed E-state index contributed by atoms with van der Waals surface area (Å²) in [5.74, 6) is 0.544. The van der Waals surface area contributed by atoms with Gasteiger partial charge >= 0.3 is 0 Å². The van der Waals surface area contributed by atoms with Gasteiger partial charge in [-0.15, -0.1) is 0 Å². The molecule has 0 radical (unpaired) electrons. The zero-order valence-electron chi connectivity index (χ0n) is 15.8. The Balaban J connectivity index is 1.81. The maximum absolute atomic E-state index is 13.4. The molecule has 0 spiro atoms. The fourth-order valence-corrected chi connectivity index (χ4v) is 3.17. The van der Waals surface area contributed by atoms with Crippen LogP contribution in [0.25, 0.3) is 16.9 Å². The molecule has 0 saturated carbocycles. The Hall–Kier alpha value is -3.87. The minimum absolute atomic E-state index is 0.322. The van der Waals surface area contributed by atoms with Crippen LogP contribution in [0.4, 0.5) is 10.2 Å². The molecule has 4 aromatic rings. The molecule has 146 valence electrons. The molecule has 2 aromatic carbocycles. The first-order valence-corrected chi connectivity index (χ1v) is 8.87. The number of amides is 1. The van der Waals surface area contributed by atoms with Gasteiger partial charge in [-0.2, -0.15) is 0 Å². The smallest absolute Gasteiger partial charge is 0.260 e. The first-order chi connectivity index (χ1) is 14.1. The van der Waals surface area contributed by atoms with E-state index >= 15 is 0 Å². The van der Waals surface area contributed by atoms with Crippen LogP contribution in [0, 0.1) is 5.82 Å². The molecule has 4 rings (SSSR count). The molecule has 0 aliphatic rings. The summed E-state index contributed by atoms with van der Waals surface area (Å²) in [5, 5.41) is 2.92. The summed E-state index contributed by atoms with van der Waals surface area (Å²) in [5.41, 5.74) is 2.19. The van der Waals surface area contributed by atoms with Gasteiger partial charge in [0.05, 0.1) is 19.8 Å². The van der Waals surface area contributed by atoms with Crippen LogP contribution in [0.2, 0.25) is 0 Å². The van der Waals surface area contributed by atoms with E-state index in [4.69, 9.17) is 9.47 Å². The second kappa shape index (κ2) is 7.63. The third-order valence-corrected chi connectivity index (χ3v) is 4.53. The lowest BCUT2D eigenvalue weighted by Crippen LogP contribution is -2.15. The first-order valence-electron chi connectivity index (χ1n) is 8.87. The number of hydrogen-bond acceptors (Lipinski definition) is 4. The van der Waals surface area contributed by atoms with Crippen LogP contribution in [-0.4, -0.2) is 29.5 Å². The molecular weight excluding hydrogens is 373 g/mol. The van der Waals surface area contributed by atoms with Crippen molar-refractivity contribution in [3.63, 3.8) is 0 Å². The van der Waals surface area contributed by atoms with Crippen molar-refractivity contribution >= 4 is 17.4 Å². The Labute approximate surface area is 166 Å². The molecule has 0 saturated heterocycles. The normalized spacial score (nSPS) is 10.7. The summed E-state index contributed by atoms with van der Waals surface area (Å²) in [7, 11) is 2.99. The number of benzene rings is 2. The van der Waals surface area contributed by atoms with E-state index in [1.54, 1.807) is 40.9 Å². The first kappa shape index (κ1) is 18.5. The molecule has 1 N–H and O–H groups in total.